The van der Waals surface area contributed by atoms with Gasteiger partial charge in [0.1, 0.15) is 0 Å². The Kier molecular flexibility index (Phi) is 3.63. The van der Waals surface area contributed by atoms with Crippen molar-refractivity contribution in [3.05, 3.63) is 59.7 Å². The van der Waals surface area contributed by atoms with Crippen LogP contribution in [0.15, 0.2) is 48.5 Å². The molecule has 0 radical (unpaired) electrons. The van der Waals surface area contributed by atoms with Crippen molar-refractivity contribution in [2.75, 3.05) is 6.61 Å². The zero-order valence-electron chi connectivity index (χ0n) is 13.4. The van der Waals surface area contributed by atoms with Gasteiger partial charge in [0.2, 0.25) is 0 Å². The summed E-state index contributed by atoms with van der Waals surface area (Å²) in [5, 5.41) is 0. The summed E-state index contributed by atoms with van der Waals surface area (Å²) in [6.07, 6.45) is -3.65. The van der Waals surface area contributed by atoms with E-state index in [-0.39, 0.29) is 35.2 Å². The predicted octanol–water partition coefficient (Wildman–Crippen LogP) is 4.07. The zero-order chi connectivity index (χ0) is 17.6. The second-order valence-corrected chi connectivity index (χ2v) is 6.11. The number of hydrogen-bond acceptors (Lipinski definition) is 4. The van der Waals surface area contributed by atoms with Gasteiger partial charge >= 0.3 is 12.3 Å². The molecule has 2 aromatic carbocycles. The highest BCUT2D eigenvalue weighted by Crippen LogP contribution is 2.61. The summed E-state index contributed by atoms with van der Waals surface area (Å²) in [6, 6.07) is 14.3. The SMILES string of the molecule is CCOC(=O)[C@@H]1[C@H](c2ccccc2)[C@H]1c1ccc2c(c1)OC(F)(F)O2. The molecule has 0 N–H and O–H groups in total. The van der Waals surface area contributed by atoms with Gasteiger partial charge in [-0.05, 0) is 30.2 Å². The molecule has 130 valence electrons. The van der Waals surface area contributed by atoms with Gasteiger partial charge in [-0.25, -0.2) is 0 Å². The van der Waals surface area contributed by atoms with Crippen molar-refractivity contribution in [1.29, 1.82) is 0 Å². The largest absolute Gasteiger partial charge is 0.586 e. The van der Waals surface area contributed by atoms with E-state index < -0.39 is 6.29 Å². The first-order chi connectivity index (χ1) is 12.0. The summed E-state index contributed by atoms with van der Waals surface area (Å²) in [5.41, 5.74) is 1.78. The maximum absolute atomic E-state index is 13.2. The maximum Gasteiger partial charge on any atom is 0.586 e. The summed E-state index contributed by atoms with van der Waals surface area (Å²) in [6.45, 7) is 2.06. The van der Waals surface area contributed by atoms with Gasteiger partial charge in [-0.15, -0.1) is 8.78 Å². The smallest absolute Gasteiger partial charge is 0.466 e. The van der Waals surface area contributed by atoms with Crippen LogP contribution >= 0.6 is 0 Å². The Morgan fingerprint density at radius 1 is 1.04 bits per heavy atom. The van der Waals surface area contributed by atoms with Gasteiger partial charge < -0.3 is 14.2 Å². The molecule has 0 unspecified atom stereocenters. The highest BCUT2D eigenvalue weighted by Gasteiger charge is 2.57. The molecule has 6 heteroatoms. The number of benzene rings is 2. The summed E-state index contributed by atoms with van der Waals surface area (Å²) in [5.74, 6) is -0.791. The van der Waals surface area contributed by atoms with Crippen LogP contribution in [0, 0.1) is 5.92 Å². The monoisotopic (exact) mass is 346 g/mol. The van der Waals surface area contributed by atoms with E-state index in [0.29, 0.717) is 6.61 Å². The first-order valence-corrected chi connectivity index (χ1v) is 8.11. The molecule has 1 fully saturated rings. The third-order valence-electron chi connectivity index (χ3n) is 4.57. The Hall–Kier alpha value is -2.63. The Labute approximate surface area is 143 Å². The standard InChI is InChI=1S/C19H16F2O4/c1-2-23-18(22)17-15(11-6-4-3-5-7-11)16(17)12-8-9-13-14(10-12)25-19(20,21)24-13/h3-10,15-17H,2H2,1H3/t15-,16-,17-/m1/s1. The third-order valence-corrected chi connectivity index (χ3v) is 4.57. The van der Waals surface area contributed by atoms with Crippen molar-refractivity contribution in [1.82, 2.24) is 0 Å². The summed E-state index contributed by atoms with van der Waals surface area (Å²) in [4.78, 5) is 12.3. The fraction of sp³-hybridized carbons (Fsp3) is 0.316. The minimum Gasteiger partial charge on any atom is -0.466 e. The molecule has 0 bridgehead atoms. The number of halogens is 2. The zero-order valence-corrected chi connectivity index (χ0v) is 13.4. The number of rotatable bonds is 4. The van der Waals surface area contributed by atoms with Crippen LogP contribution in [0.3, 0.4) is 0 Å². The number of carbonyl (C=O) groups is 1. The van der Waals surface area contributed by atoms with E-state index in [4.69, 9.17) is 4.74 Å². The normalized spacial score (nSPS) is 25.5. The van der Waals surface area contributed by atoms with Crippen LogP contribution in [0.5, 0.6) is 11.5 Å². The van der Waals surface area contributed by atoms with Gasteiger partial charge in [-0.1, -0.05) is 36.4 Å². The van der Waals surface area contributed by atoms with E-state index in [9.17, 15) is 13.6 Å². The fourth-order valence-corrected chi connectivity index (χ4v) is 3.52. The Bertz CT molecular complexity index is 806. The van der Waals surface area contributed by atoms with Gasteiger partial charge in [0.25, 0.3) is 0 Å². The number of hydrogen-bond donors (Lipinski definition) is 0. The average Bonchev–Trinajstić information content (AvgIpc) is 3.25. The second kappa shape index (κ2) is 5.72. The minimum atomic E-state index is -3.65. The Morgan fingerprint density at radius 2 is 1.72 bits per heavy atom. The summed E-state index contributed by atoms with van der Waals surface area (Å²) >= 11 is 0. The van der Waals surface area contributed by atoms with Crippen LogP contribution < -0.4 is 9.47 Å². The highest BCUT2D eigenvalue weighted by atomic mass is 19.3. The van der Waals surface area contributed by atoms with Crippen molar-refractivity contribution in [3.8, 4) is 11.5 Å². The van der Waals surface area contributed by atoms with Crippen LogP contribution in [-0.4, -0.2) is 18.9 Å². The third kappa shape index (κ3) is 2.81. The van der Waals surface area contributed by atoms with Gasteiger partial charge in [-0.3, -0.25) is 4.79 Å². The van der Waals surface area contributed by atoms with Crippen LogP contribution in [0.1, 0.15) is 29.9 Å². The van der Waals surface area contributed by atoms with Crippen molar-refractivity contribution < 1.29 is 27.8 Å². The van der Waals surface area contributed by atoms with E-state index in [2.05, 4.69) is 9.47 Å². The summed E-state index contributed by atoms with van der Waals surface area (Å²) in [7, 11) is 0. The predicted molar refractivity (Wildman–Crippen MR) is 84.7 cm³/mol. The highest BCUT2D eigenvalue weighted by molar-refractivity contribution is 5.80. The molecule has 1 heterocycles. The topological polar surface area (TPSA) is 44.8 Å². The van der Waals surface area contributed by atoms with E-state index in [1.807, 2.05) is 30.3 Å². The lowest BCUT2D eigenvalue weighted by atomic mass is 10.0. The molecule has 3 atom stereocenters. The van der Waals surface area contributed by atoms with Crippen LogP contribution in [0.25, 0.3) is 0 Å². The molecule has 1 saturated carbocycles. The molecule has 25 heavy (non-hydrogen) atoms. The number of carbonyl (C=O) groups excluding carboxylic acids is 1. The first kappa shape index (κ1) is 15.9. The number of alkyl halides is 2. The van der Waals surface area contributed by atoms with E-state index in [1.54, 1.807) is 13.0 Å². The molecular weight excluding hydrogens is 330 g/mol. The van der Waals surface area contributed by atoms with Crippen molar-refractivity contribution >= 4 is 5.97 Å². The molecule has 2 aromatic rings. The maximum atomic E-state index is 13.2. The molecule has 0 amide bonds. The number of esters is 1. The van der Waals surface area contributed by atoms with Crippen molar-refractivity contribution in [2.45, 2.75) is 25.1 Å². The van der Waals surface area contributed by atoms with Crippen molar-refractivity contribution in [2.24, 2.45) is 5.92 Å². The minimum absolute atomic E-state index is 0.00153. The van der Waals surface area contributed by atoms with E-state index in [0.717, 1.165) is 11.1 Å². The second-order valence-electron chi connectivity index (χ2n) is 6.11. The molecule has 0 spiro atoms. The lowest BCUT2D eigenvalue weighted by molar-refractivity contribution is -0.286. The fourth-order valence-electron chi connectivity index (χ4n) is 3.52. The lowest BCUT2D eigenvalue weighted by Gasteiger charge is -2.04. The quantitative estimate of drug-likeness (QED) is 0.783. The van der Waals surface area contributed by atoms with Gasteiger partial charge in [0.15, 0.2) is 11.5 Å². The number of fused-ring (bicyclic) bond motifs is 1. The molecule has 0 aromatic heterocycles. The van der Waals surface area contributed by atoms with Crippen molar-refractivity contribution in [3.63, 3.8) is 0 Å². The Morgan fingerprint density at radius 3 is 2.44 bits per heavy atom. The number of ether oxygens (including phenoxy) is 3. The average molecular weight is 346 g/mol. The lowest BCUT2D eigenvalue weighted by Crippen LogP contribution is -2.25. The molecule has 1 aliphatic heterocycles. The molecule has 2 aliphatic rings. The van der Waals surface area contributed by atoms with E-state index in [1.165, 1.54) is 12.1 Å². The van der Waals surface area contributed by atoms with Gasteiger partial charge in [-0.2, -0.15) is 0 Å². The molecular formula is C19H16F2O4. The molecule has 4 rings (SSSR count). The van der Waals surface area contributed by atoms with Gasteiger partial charge in [0, 0.05) is 11.8 Å². The first-order valence-electron chi connectivity index (χ1n) is 8.11. The molecule has 4 nitrogen and oxygen atoms in total. The van der Waals surface area contributed by atoms with Gasteiger partial charge in [0.05, 0.1) is 12.5 Å². The molecule has 1 aliphatic carbocycles. The van der Waals surface area contributed by atoms with Crippen LogP contribution in [0.4, 0.5) is 8.78 Å². The van der Waals surface area contributed by atoms with E-state index >= 15 is 0 Å². The van der Waals surface area contributed by atoms with Crippen LogP contribution in [-0.2, 0) is 9.53 Å². The van der Waals surface area contributed by atoms with Crippen LogP contribution in [0.2, 0.25) is 0 Å². The summed E-state index contributed by atoms with van der Waals surface area (Å²) < 4.78 is 40.6. The Balaban J connectivity index is 1.65. The molecule has 0 saturated heterocycles.